The van der Waals surface area contributed by atoms with E-state index < -0.39 is 0 Å². The van der Waals surface area contributed by atoms with E-state index in [0.717, 1.165) is 21.0 Å². The Balaban J connectivity index is 1.40. The van der Waals surface area contributed by atoms with Crippen LogP contribution in [0, 0.1) is 12.8 Å². The van der Waals surface area contributed by atoms with E-state index in [1.807, 2.05) is 43.5 Å². The van der Waals surface area contributed by atoms with Crippen LogP contribution >= 0.6 is 11.8 Å². The number of aromatic nitrogens is 1. The SMILES string of the molecule is Cc1ccc(Sc2ccc(C(=O)N[C@@H]3C4CCN(CC4)[C@H]3C)cc2)cn1. The number of rotatable bonds is 4. The topological polar surface area (TPSA) is 45.2 Å². The van der Waals surface area contributed by atoms with Crippen LogP contribution in [-0.2, 0) is 0 Å². The van der Waals surface area contributed by atoms with E-state index in [9.17, 15) is 4.79 Å². The highest BCUT2D eigenvalue weighted by molar-refractivity contribution is 7.99. The summed E-state index contributed by atoms with van der Waals surface area (Å²) >= 11 is 1.66. The number of aryl methyl sites for hydroxylation is 1. The molecule has 5 heteroatoms. The minimum atomic E-state index is 0.0455. The number of nitrogens with zero attached hydrogens (tertiary/aromatic N) is 2. The van der Waals surface area contributed by atoms with Gasteiger partial charge in [-0.05, 0) is 82.1 Å². The second-order valence-corrected chi connectivity index (χ2v) is 8.52. The molecule has 3 aliphatic rings. The van der Waals surface area contributed by atoms with Gasteiger partial charge in [0.15, 0.2) is 0 Å². The largest absolute Gasteiger partial charge is 0.347 e. The molecule has 1 N–H and O–H groups in total. The van der Waals surface area contributed by atoms with E-state index in [1.165, 1.54) is 25.9 Å². The van der Waals surface area contributed by atoms with E-state index in [4.69, 9.17) is 0 Å². The molecule has 3 saturated heterocycles. The molecule has 0 unspecified atom stereocenters. The third-order valence-electron chi connectivity index (χ3n) is 5.71. The average Bonchev–Trinajstić information content (AvgIpc) is 2.67. The second-order valence-electron chi connectivity index (χ2n) is 7.37. The van der Waals surface area contributed by atoms with Crippen molar-refractivity contribution in [1.82, 2.24) is 15.2 Å². The fraction of sp³-hybridized carbons (Fsp3) is 0.429. The molecule has 26 heavy (non-hydrogen) atoms. The Morgan fingerprint density at radius 3 is 2.42 bits per heavy atom. The molecule has 136 valence electrons. The Bertz CT molecular complexity index is 765. The lowest BCUT2D eigenvalue weighted by Gasteiger charge is -2.49. The lowest BCUT2D eigenvalue weighted by Crippen LogP contribution is -2.62. The van der Waals surface area contributed by atoms with E-state index in [0.29, 0.717) is 12.0 Å². The number of nitrogens with one attached hydrogen (secondary N) is 1. The predicted molar refractivity (Wildman–Crippen MR) is 105 cm³/mol. The maximum Gasteiger partial charge on any atom is 0.251 e. The summed E-state index contributed by atoms with van der Waals surface area (Å²) < 4.78 is 0. The fourth-order valence-electron chi connectivity index (χ4n) is 4.11. The molecule has 0 radical (unpaired) electrons. The van der Waals surface area contributed by atoms with Gasteiger partial charge < -0.3 is 5.32 Å². The summed E-state index contributed by atoms with van der Waals surface area (Å²) in [6.07, 6.45) is 4.29. The monoisotopic (exact) mass is 367 g/mol. The van der Waals surface area contributed by atoms with Gasteiger partial charge in [-0.2, -0.15) is 0 Å². The summed E-state index contributed by atoms with van der Waals surface area (Å²) in [7, 11) is 0. The number of piperidine rings is 3. The Morgan fingerprint density at radius 2 is 1.81 bits per heavy atom. The number of hydrogen-bond donors (Lipinski definition) is 1. The third kappa shape index (κ3) is 3.64. The van der Waals surface area contributed by atoms with Crippen molar-refractivity contribution < 1.29 is 4.79 Å². The molecule has 5 rings (SSSR count). The van der Waals surface area contributed by atoms with E-state index in [-0.39, 0.29) is 11.9 Å². The van der Waals surface area contributed by atoms with Crippen LogP contribution in [0.4, 0.5) is 0 Å². The molecule has 4 heterocycles. The number of amides is 1. The quantitative estimate of drug-likeness (QED) is 0.894. The molecule has 4 nitrogen and oxygen atoms in total. The lowest BCUT2D eigenvalue weighted by atomic mass is 9.79. The van der Waals surface area contributed by atoms with Gasteiger partial charge in [0.25, 0.3) is 5.91 Å². The summed E-state index contributed by atoms with van der Waals surface area (Å²) in [5.41, 5.74) is 1.75. The van der Waals surface area contributed by atoms with Crippen LogP contribution in [0.3, 0.4) is 0 Å². The fourth-order valence-corrected chi connectivity index (χ4v) is 4.89. The average molecular weight is 368 g/mol. The van der Waals surface area contributed by atoms with Crippen LogP contribution in [0.1, 0.15) is 35.8 Å². The van der Waals surface area contributed by atoms with Crippen molar-refractivity contribution >= 4 is 17.7 Å². The first-order valence-corrected chi connectivity index (χ1v) is 10.2. The van der Waals surface area contributed by atoms with Gasteiger partial charge in [-0.15, -0.1) is 0 Å². The maximum atomic E-state index is 12.7. The first-order valence-electron chi connectivity index (χ1n) is 9.35. The van der Waals surface area contributed by atoms with Crippen LogP contribution < -0.4 is 5.32 Å². The smallest absolute Gasteiger partial charge is 0.251 e. The molecular weight excluding hydrogens is 342 g/mol. The van der Waals surface area contributed by atoms with E-state index >= 15 is 0 Å². The normalized spacial score (nSPS) is 27.3. The van der Waals surface area contributed by atoms with Crippen molar-refractivity contribution in [3.63, 3.8) is 0 Å². The van der Waals surface area contributed by atoms with Crippen molar-refractivity contribution in [2.24, 2.45) is 5.92 Å². The molecule has 3 fully saturated rings. The molecule has 0 aliphatic carbocycles. The summed E-state index contributed by atoms with van der Waals surface area (Å²) in [5, 5.41) is 3.29. The predicted octanol–water partition coefficient (Wildman–Crippen LogP) is 3.75. The minimum Gasteiger partial charge on any atom is -0.347 e. The molecular formula is C21H25N3OS. The molecule has 3 aliphatic heterocycles. The number of benzene rings is 1. The van der Waals surface area contributed by atoms with Gasteiger partial charge in [0.2, 0.25) is 0 Å². The highest BCUT2D eigenvalue weighted by Gasteiger charge is 2.40. The molecule has 1 aromatic heterocycles. The molecule has 2 aromatic rings. The Labute approximate surface area is 159 Å². The molecule has 2 atom stereocenters. The van der Waals surface area contributed by atoms with Gasteiger partial charge in [0.05, 0.1) is 0 Å². The summed E-state index contributed by atoms with van der Waals surface area (Å²) in [6, 6.07) is 12.7. The standard InChI is InChI=1S/C21H25N3OS/c1-14-3-6-19(13-22-14)26-18-7-4-17(5-8-18)21(25)23-20-15(2)24-11-9-16(20)10-12-24/h3-8,13,15-16,20H,9-12H2,1-2H3,(H,23,25)/t15-,20-/m0/s1. The van der Waals surface area contributed by atoms with Gasteiger partial charge in [0, 0.05) is 39.3 Å². The highest BCUT2D eigenvalue weighted by atomic mass is 32.2. The minimum absolute atomic E-state index is 0.0455. The second kappa shape index (κ2) is 7.41. The molecule has 1 aromatic carbocycles. The molecule has 2 bridgehead atoms. The first-order chi connectivity index (χ1) is 12.6. The zero-order chi connectivity index (χ0) is 18.1. The van der Waals surface area contributed by atoms with E-state index in [1.54, 1.807) is 11.8 Å². The van der Waals surface area contributed by atoms with Gasteiger partial charge in [-0.1, -0.05) is 11.8 Å². The van der Waals surface area contributed by atoms with Gasteiger partial charge >= 0.3 is 0 Å². The van der Waals surface area contributed by atoms with Crippen LogP contribution in [0.5, 0.6) is 0 Å². The van der Waals surface area contributed by atoms with Gasteiger partial charge in [0.1, 0.15) is 0 Å². The number of pyridine rings is 1. The summed E-state index contributed by atoms with van der Waals surface area (Å²) in [6.45, 7) is 6.58. The zero-order valence-electron chi connectivity index (χ0n) is 15.3. The van der Waals surface area contributed by atoms with Crippen LogP contribution in [0.2, 0.25) is 0 Å². The number of carbonyl (C=O) groups excluding carboxylic acids is 1. The van der Waals surface area contributed by atoms with Crippen LogP contribution in [0.15, 0.2) is 52.4 Å². The number of fused-ring (bicyclic) bond motifs is 3. The van der Waals surface area contributed by atoms with Crippen molar-refractivity contribution in [3.05, 3.63) is 53.9 Å². The van der Waals surface area contributed by atoms with Crippen molar-refractivity contribution in [3.8, 4) is 0 Å². The maximum absolute atomic E-state index is 12.7. The van der Waals surface area contributed by atoms with Crippen molar-refractivity contribution in [2.45, 2.75) is 48.6 Å². The van der Waals surface area contributed by atoms with Gasteiger partial charge in [-0.25, -0.2) is 0 Å². The summed E-state index contributed by atoms with van der Waals surface area (Å²) in [4.78, 5) is 21.7. The van der Waals surface area contributed by atoms with E-state index in [2.05, 4.69) is 28.2 Å². The Hall–Kier alpha value is -1.85. The Morgan fingerprint density at radius 1 is 1.12 bits per heavy atom. The third-order valence-corrected chi connectivity index (χ3v) is 6.70. The number of carbonyl (C=O) groups is 1. The zero-order valence-corrected chi connectivity index (χ0v) is 16.1. The molecule has 1 amide bonds. The first kappa shape index (κ1) is 17.6. The highest BCUT2D eigenvalue weighted by Crippen LogP contribution is 2.32. The van der Waals surface area contributed by atoms with Crippen molar-refractivity contribution in [1.29, 1.82) is 0 Å². The van der Waals surface area contributed by atoms with Gasteiger partial charge in [-0.3, -0.25) is 14.7 Å². The van der Waals surface area contributed by atoms with Crippen LogP contribution in [-0.4, -0.2) is 41.0 Å². The molecule has 0 saturated carbocycles. The summed E-state index contributed by atoms with van der Waals surface area (Å²) in [5.74, 6) is 0.673. The number of hydrogen-bond acceptors (Lipinski definition) is 4. The molecule has 0 spiro atoms. The lowest BCUT2D eigenvalue weighted by molar-refractivity contribution is 0.0217. The van der Waals surface area contributed by atoms with Crippen LogP contribution in [0.25, 0.3) is 0 Å². The Kier molecular flexibility index (Phi) is 5.00. The van der Waals surface area contributed by atoms with Crippen molar-refractivity contribution in [2.75, 3.05) is 13.1 Å².